The number of nitrogens with one attached hydrogen (secondary N) is 2. The Morgan fingerprint density at radius 2 is 2.12 bits per heavy atom. The third kappa shape index (κ3) is 5.54. The van der Waals surface area contributed by atoms with Gasteiger partial charge in [-0.2, -0.15) is 5.26 Å². The van der Waals surface area contributed by atoms with Crippen molar-refractivity contribution >= 4 is 11.6 Å². The summed E-state index contributed by atoms with van der Waals surface area (Å²) in [5.41, 5.74) is 1.98. The lowest BCUT2D eigenvalue weighted by molar-refractivity contribution is -0.121. The Morgan fingerprint density at radius 1 is 1.38 bits per heavy atom. The maximum atomic E-state index is 11.9. The van der Waals surface area contributed by atoms with Gasteiger partial charge in [0.15, 0.2) is 0 Å². The number of aliphatic hydroxyl groups excluding tert-OH is 1. The first-order valence-corrected chi connectivity index (χ1v) is 8.80. The lowest BCUT2D eigenvalue weighted by Crippen LogP contribution is -2.37. The van der Waals surface area contributed by atoms with Crippen LogP contribution in [0.1, 0.15) is 44.6 Å². The second-order valence-electron chi connectivity index (χ2n) is 6.56. The van der Waals surface area contributed by atoms with Gasteiger partial charge in [-0.05, 0) is 43.4 Å². The zero-order chi connectivity index (χ0) is 17.4. The molecule has 0 heterocycles. The van der Waals surface area contributed by atoms with Crippen LogP contribution in [0.4, 0.5) is 5.69 Å². The van der Waals surface area contributed by atoms with Gasteiger partial charge in [0.25, 0.3) is 0 Å². The fourth-order valence-corrected chi connectivity index (χ4v) is 3.13. The van der Waals surface area contributed by atoms with Crippen LogP contribution in [0.2, 0.25) is 0 Å². The van der Waals surface area contributed by atoms with Crippen LogP contribution in [0, 0.1) is 17.2 Å². The molecular formula is C19H27N3O2. The van der Waals surface area contributed by atoms with Gasteiger partial charge in [0.2, 0.25) is 5.91 Å². The molecule has 1 amide bonds. The molecule has 0 bridgehead atoms. The van der Waals surface area contributed by atoms with E-state index in [2.05, 4.69) is 16.7 Å². The third-order valence-electron chi connectivity index (χ3n) is 4.62. The number of nitrogens with zero attached hydrogens (tertiary/aromatic N) is 1. The van der Waals surface area contributed by atoms with E-state index in [1.165, 1.54) is 0 Å². The van der Waals surface area contributed by atoms with Crippen LogP contribution in [0.25, 0.3) is 0 Å². The van der Waals surface area contributed by atoms with Crippen LogP contribution in [-0.4, -0.2) is 29.7 Å². The molecule has 1 fully saturated rings. The standard InChI is InChI=1S/C19H27N3O2/c1-2-16(13-23)22-19(24)11-14-6-8-17(9-7-14)21-18-5-3-4-15(10-18)12-20/h6-9,15-16,18,21,23H,2-5,10-11,13H2,1H3,(H,22,24)/t15-,16+,18+/m0/s1. The van der Waals surface area contributed by atoms with E-state index in [9.17, 15) is 4.79 Å². The number of amides is 1. The Kier molecular flexibility index (Phi) is 7.07. The monoisotopic (exact) mass is 329 g/mol. The molecule has 5 nitrogen and oxygen atoms in total. The Bertz CT molecular complexity index is 561. The molecule has 2 rings (SSSR count). The highest BCUT2D eigenvalue weighted by Crippen LogP contribution is 2.26. The van der Waals surface area contributed by atoms with Crippen molar-refractivity contribution in [2.24, 2.45) is 5.92 Å². The van der Waals surface area contributed by atoms with Gasteiger partial charge >= 0.3 is 0 Å². The summed E-state index contributed by atoms with van der Waals surface area (Å²) >= 11 is 0. The third-order valence-corrected chi connectivity index (χ3v) is 4.62. The summed E-state index contributed by atoms with van der Waals surface area (Å²) in [6.07, 6.45) is 5.14. The molecule has 3 N–H and O–H groups in total. The van der Waals surface area contributed by atoms with Crippen LogP contribution in [0.5, 0.6) is 0 Å². The van der Waals surface area contributed by atoms with Gasteiger partial charge in [-0.15, -0.1) is 0 Å². The first-order chi connectivity index (χ1) is 11.6. The molecule has 1 aliphatic carbocycles. The van der Waals surface area contributed by atoms with Crippen LogP contribution in [0.15, 0.2) is 24.3 Å². The van der Waals surface area contributed by atoms with Gasteiger partial charge in [0, 0.05) is 17.6 Å². The first kappa shape index (κ1) is 18.3. The molecule has 24 heavy (non-hydrogen) atoms. The second kappa shape index (κ2) is 9.29. The molecule has 0 aromatic heterocycles. The smallest absolute Gasteiger partial charge is 0.224 e. The minimum atomic E-state index is -0.169. The number of rotatable bonds is 7. The summed E-state index contributed by atoms with van der Waals surface area (Å²) in [4.78, 5) is 11.9. The summed E-state index contributed by atoms with van der Waals surface area (Å²) in [5, 5.41) is 24.5. The molecular weight excluding hydrogens is 302 g/mol. The normalized spacial score (nSPS) is 21.5. The lowest BCUT2D eigenvalue weighted by atomic mass is 9.86. The lowest BCUT2D eigenvalue weighted by Gasteiger charge is -2.27. The number of nitriles is 1. The van der Waals surface area contributed by atoms with E-state index in [1.807, 2.05) is 31.2 Å². The van der Waals surface area contributed by atoms with Crippen molar-refractivity contribution in [1.29, 1.82) is 5.26 Å². The maximum absolute atomic E-state index is 11.9. The quantitative estimate of drug-likeness (QED) is 0.718. The van der Waals surface area contributed by atoms with Crippen LogP contribution in [-0.2, 0) is 11.2 Å². The van der Waals surface area contributed by atoms with Crippen molar-refractivity contribution in [3.05, 3.63) is 29.8 Å². The highest BCUT2D eigenvalue weighted by Gasteiger charge is 2.21. The van der Waals surface area contributed by atoms with Crippen molar-refractivity contribution in [3.8, 4) is 6.07 Å². The van der Waals surface area contributed by atoms with Crippen LogP contribution in [0.3, 0.4) is 0 Å². The van der Waals surface area contributed by atoms with Crippen molar-refractivity contribution in [1.82, 2.24) is 5.32 Å². The molecule has 130 valence electrons. The first-order valence-electron chi connectivity index (χ1n) is 8.80. The van der Waals surface area contributed by atoms with Crippen molar-refractivity contribution in [2.75, 3.05) is 11.9 Å². The number of aliphatic hydroxyl groups is 1. The number of hydrogen-bond donors (Lipinski definition) is 3. The van der Waals surface area contributed by atoms with Gasteiger partial charge in [-0.25, -0.2) is 0 Å². The topological polar surface area (TPSA) is 85.2 Å². The zero-order valence-corrected chi connectivity index (χ0v) is 14.3. The molecule has 1 aromatic rings. The Balaban J connectivity index is 1.84. The van der Waals surface area contributed by atoms with Gasteiger partial charge in [-0.1, -0.05) is 25.5 Å². The maximum Gasteiger partial charge on any atom is 0.224 e. The molecule has 0 spiro atoms. The molecule has 0 aliphatic heterocycles. The SMILES string of the molecule is CC[C@H](CO)NC(=O)Cc1ccc(N[C@@H]2CCC[C@H](C#N)C2)cc1. The van der Waals surface area contributed by atoms with E-state index >= 15 is 0 Å². The molecule has 0 unspecified atom stereocenters. The number of benzene rings is 1. The highest BCUT2D eigenvalue weighted by molar-refractivity contribution is 5.79. The van der Waals surface area contributed by atoms with Crippen LogP contribution < -0.4 is 10.6 Å². The molecule has 3 atom stereocenters. The summed E-state index contributed by atoms with van der Waals surface area (Å²) in [6, 6.07) is 10.4. The summed E-state index contributed by atoms with van der Waals surface area (Å²) in [7, 11) is 0. The molecule has 1 aromatic carbocycles. The summed E-state index contributed by atoms with van der Waals surface area (Å²) in [5.74, 6) is 0.0954. The molecule has 1 aliphatic rings. The zero-order valence-electron chi connectivity index (χ0n) is 14.3. The van der Waals surface area contributed by atoms with Gasteiger partial charge in [0.1, 0.15) is 0 Å². The Hall–Kier alpha value is -2.06. The molecule has 0 radical (unpaired) electrons. The van der Waals surface area contributed by atoms with E-state index in [4.69, 9.17) is 10.4 Å². The van der Waals surface area contributed by atoms with E-state index in [0.29, 0.717) is 12.5 Å². The minimum Gasteiger partial charge on any atom is -0.394 e. The minimum absolute atomic E-state index is 0.0316. The van der Waals surface area contributed by atoms with E-state index in [-0.39, 0.29) is 24.5 Å². The van der Waals surface area contributed by atoms with E-state index < -0.39 is 0 Å². The highest BCUT2D eigenvalue weighted by atomic mass is 16.3. The number of carbonyl (C=O) groups is 1. The number of anilines is 1. The second-order valence-corrected chi connectivity index (χ2v) is 6.56. The van der Waals surface area contributed by atoms with Crippen molar-refractivity contribution in [2.45, 2.75) is 57.5 Å². The van der Waals surface area contributed by atoms with Crippen molar-refractivity contribution in [3.63, 3.8) is 0 Å². The van der Waals surface area contributed by atoms with Crippen molar-refractivity contribution < 1.29 is 9.90 Å². The van der Waals surface area contributed by atoms with Gasteiger partial charge < -0.3 is 15.7 Å². The molecule has 5 heteroatoms. The number of carbonyl (C=O) groups excluding carboxylic acids is 1. The Morgan fingerprint density at radius 3 is 2.75 bits per heavy atom. The largest absolute Gasteiger partial charge is 0.394 e. The average Bonchev–Trinajstić information content (AvgIpc) is 2.61. The van der Waals surface area contributed by atoms with Crippen LogP contribution >= 0.6 is 0 Å². The fraction of sp³-hybridized carbons (Fsp3) is 0.579. The predicted octanol–water partition coefficient (Wildman–Crippen LogP) is 2.61. The molecule has 0 saturated heterocycles. The van der Waals surface area contributed by atoms with E-state index in [0.717, 1.165) is 43.4 Å². The summed E-state index contributed by atoms with van der Waals surface area (Å²) in [6.45, 7) is 1.90. The van der Waals surface area contributed by atoms with Gasteiger partial charge in [0.05, 0.1) is 25.1 Å². The van der Waals surface area contributed by atoms with E-state index in [1.54, 1.807) is 0 Å². The fourth-order valence-electron chi connectivity index (χ4n) is 3.13. The average molecular weight is 329 g/mol. The molecule has 1 saturated carbocycles. The van der Waals surface area contributed by atoms with Gasteiger partial charge in [-0.3, -0.25) is 4.79 Å². The predicted molar refractivity (Wildman–Crippen MR) is 94.4 cm³/mol. The Labute approximate surface area is 144 Å². The summed E-state index contributed by atoms with van der Waals surface area (Å²) < 4.78 is 0. The number of hydrogen-bond acceptors (Lipinski definition) is 4.